The van der Waals surface area contributed by atoms with E-state index < -0.39 is 18.5 Å². The maximum atomic E-state index is 8.44. The maximum absolute atomic E-state index is 8.44. The van der Waals surface area contributed by atoms with Gasteiger partial charge in [-0.1, -0.05) is 0 Å². The fraction of sp³-hybridized carbons (Fsp3) is 0. The predicted octanol–water partition coefficient (Wildman–Crippen LogP) is -16.7. The largest absolute Gasteiger partial charge is 1.00 e. The van der Waals surface area contributed by atoms with E-state index in [0.717, 1.165) is 0 Å². The molecule has 0 heterocycles. The third kappa shape index (κ3) is 1060. The van der Waals surface area contributed by atoms with Crippen molar-refractivity contribution in [1.82, 2.24) is 0 Å². The molecule has 0 rings (SSSR count). The van der Waals surface area contributed by atoms with Crippen molar-refractivity contribution in [3.8, 4) is 0 Å². The first-order valence-corrected chi connectivity index (χ1v) is 1.88. The molecule has 0 aliphatic carbocycles. The van der Waals surface area contributed by atoms with Crippen LogP contribution in [0.25, 0.3) is 0 Å². The number of carbonyl (C=O) groups excluding carboxylic acids is 1. The van der Waals surface area contributed by atoms with Gasteiger partial charge in [-0.05, 0) is 6.16 Å². The van der Waals surface area contributed by atoms with Gasteiger partial charge in [0, 0.05) is 0 Å². The van der Waals surface area contributed by atoms with Gasteiger partial charge in [-0.3, -0.25) is 0 Å². The summed E-state index contributed by atoms with van der Waals surface area (Å²) in [4.78, 5) is 25.2. The van der Waals surface area contributed by atoms with Gasteiger partial charge in [-0.15, -0.1) is 0 Å². The minimum absolute atomic E-state index is 0. The van der Waals surface area contributed by atoms with Gasteiger partial charge >= 0.3 is 118 Å². The van der Waals surface area contributed by atoms with E-state index in [0.29, 0.717) is 0 Å². The Balaban J connectivity index is -0.0000000135. The molecule has 13 heteroatoms. The Morgan fingerprint density at radius 1 is 0.625 bits per heavy atom. The Hall–Kier alpha value is 1.81. The second-order valence-electron chi connectivity index (χ2n) is 0.782. The molecule has 0 aliphatic heterocycles. The Morgan fingerprint density at radius 2 is 0.625 bits per heavy atom. The van der Waals surface area contributed by atoms with Crippen LogP contribution in [0.5, 0.6) is 0 Å². The topological polar surface area (TPSA) is 184 Å². The molecular formula is C3H2Na4O9. The first-order chi connectivity index (χ1) is 5.20. The van der Waals surface area contributed by atoms with Crippen LogP contribution in [0.4, 0.5) is 14.4 Å². The van der Waals surface area contributed by atoms with Crippen LogP contribution >= 0.6 is 0 Å². The third-order valence-corrected chi connectivity index (χ3v) is 0. The van der Waals surface area contributed by atoms with Crippen molar-refractivity contribution in [1.29, 1.82) is 0 Å². The van der Waals surface area contributed by atoms with Gasteiger partial charge in [-0.2, -0.15) is 0 Å². The number of hydrogen-bond donors (Lipinski definition) is 2. The van der Waals surface area contributed by atoms with E-state index in [1.54, 1.807) is 0 Å². The molecule has 0 saturated heterocycles. The molecule has 0 bridgehead atoms. The molecule has 72 valence electrons. The molecule has 0 aromatic rings. The van der Waals surface area contributed by atoms with Crippen molar-refractivity contribution in [3.05, 3.63) is 0 Å². The normalized spacial score (nSPS) is 4.50. The number of rotatable bonds is 0. The molecule has 0 spiro atoms. The smallest absolute Gasteiger partial charge is 0.652 e. The molecule has 16 heavy (non-hydrogen) atoms. The number of carbonyl (C=O) groups is 3. The van der Waals surface area contributed by atoms with Gasteiger partial charge in [0.2, 0.25) is 12.3 Å². The van der Waals surface area contributed by atoms with Gasteiger partial charge in [0.15, 0.2) is 0 Å². The van der Waals surface area contributed by atoms with Gasteiger partial charge in [0.05, 0.1) is 0 Å². The fourth-order valence-corrected chi connectivity index (χ4v) is 0. The average Bonchev–Trinajstić information content (AvgIpc) is 1.54. The summed E-state index contributed by atoms with van der Waals surface area (Å²) in [6.07, 6.45) is -6.50. The molecule has 0 saturated carbocycles. The van der Waals surface area contributed by atoms with Gasteiger partial charge in [0.1, 0.15) is 0 Å². The molecule has 0 atom stereocenters. The summed E-state index contributed by atoms with van der Waals surface area (Å²) in [6.45, 7) is 0. The van der Waals surface area contributed by atoms with E-state index in [4.69, 9.17) is 45.0 Å². The Labute approximate surface area is 178 Å². The van der Waals surface area contributed by atoms with Gasteiger partial charge in [-0.25, -0.2) is 0 Å². The zero-order valence-electron chi connectivity index (χ0n) is 9.25. The molecule has 0 aromatic carbocycles. The number of carboxylic acid groups (broad SMARTS) is 6. The van der Waals surface area contributed by atoms with Crippen LogP contribution in [-0.2, 0) is 0 Å². The molecule has 0 aliphatic rings. The summed E-state index contributed by atoms with van der Waals surface area (Å²) >= 11 is 0. The van der Waals surface area contributed by atoms with Crippen molar-refractivity contribution >= 4 is 18.5 Å². The van der Waals surface area contributed by atoms with E-state index in [1.165, 1.54) is 0 Å². The van der Waals surface area contributed by atoms with Crippen LogP contribution in [0.2, 0.25) is 0 Å². The van der Waals surface area contributed by atoms with Crippen LogP contribution in [0.3, 0.4) is 0 Å². The zero-order chi connectivity index (χ0) is 10.7. The first-order valence-electron chi connectivity index (χ1n) is 1.88. The quantitative estimate of drug-likeness (QED) is 0.404. The molecule has 0 aromatic heterocycles. The van der Waals surface area contributed by atoms with Crippen molar-refractivity contribution in [2.75, 3.05) is 0 Å². The van der Waals surface area contributed by atoms with E-state index in [-0.39, 0.29) is 118 Å². The minimum Gasteiger partial charge on any atom is -0.652 e. The van der Waals surface area contributed by atoms with E-state index >= 15 is 0 Å². The van der Waals surface area contributed by atoms with Crippen LogP contribution in [0.1, 0.15) is 0 Å². The summed E-state index contributed by atoms with van der Waals surface area (Å²) in [7, 11) is 0. The summed E-state index contributed by atoms with van der Waals surface area (Å²) in [5, 5.41) is 47.3. The summed E-state index contributed by atoms with van der Waals surface area (Å²) in [5.41, 5.74) is 0. The molecule has 0 amide bonds. The SMILES string of the molecule is O=C([O-])O.O=C([O-])O.O=C([O-])[O-].[Na+].[Na+].[Na+].[Na+]. The third-order valence-electron chi connectivity index (χ3n) is 0. The van der Waals surface area contributed by atoms with Crippen LogP contribution in [-0.4, -0.2) is 28.7 Å². The Bertz CT molecular complexity index is 120. The van der Waals surface area contributed by atoms with Gasteiger partial charge in [0.25, 0.3) is 0 Å². The minimum atomic E-state index is -2.33. The van der Waals surface area contributed by atoms with Crippen LogP contribution in [0, 0.1) is 0 Å². The summed E-state index contributed by atoms with van der Waals surface area (Å²) in [5.74, 6) is 0. The second-order valence-corrected chi connectivity index (χ2v) is 0.782. The maximum Gasteiger partial charge on any atom is 1.00 e. The molecule has 0 fully saturated rings. The second kappa shape index (κ2) is 36.0. The standard InChI is InChI=1S/3CH2O3.4Na/c3*2-1(3)4;;;;/h3*(H2,2,3,4);;;;/q;;;4*+1/p-4. The predicted molar refractivity (Wildman–Crippen MR) is 21.4 cm³/mol. The van der Waals surface area contributed by atoms with E-state index in [9.17, 15) is 0 Å². The molecule has 2 N–H and O–H groups in total. The monoisotopic (exact) mass is 274 g/mol. The van der Waals surface area contributed by atoms with Crippen LogP contribution < -0.4 is 139 Å². The Morgan fingerprint density at radius 3 is 0.625 bits per heavy atom. The molecule has 0 unspecified atom stereocenters. The van der Waals surface area contributed by atoms with Crippen molar-refractivity contribution in [2.45, 2.75) is 0 Å². The summed E-state index contributed by atoms with van der Waals surface area (Å²) < 4.78 is 0. The molecule has 9 nitrogen and oxygen atoms in total. The number of hydrogen-bond acceptors (Lipinski definition) is 7. The fourth-order valence-electron chi connectivity index (χ4n) is 0. The Kier molecular flexibility index (Phi) is 96.8. The van der Waals surface area contributed by atoms with Gasteiger partial charge < -0.3 is 45.0 Å². The molecular weight excluding hydrogens is 272 g/mol. The average molecular weight is 274 g/mol. The summed E-state index contributed by atoms with van der Waals surface area (Å²) in [6, 6.07) is 0. The first kappa shape index (κ1) is 43.1. The van der Waals surface area contributed by atoms with Crippen molar-refractivity contribution in [3.63, 3.8) is 0 Å². The molecule has 0 radical (unpaired) electrons. The van der Waals surface area contributed by atoms with Crippen LogP contribution in [0.15, 0.2) is 0 Å². The van der Waals surface area contributed by atoms with E-state index in [2.05, 4.69) is 0 Å². The van der Waals surface area contributed by atoms with Crippen molar-refractivity contribution < 1.29 is 163 Å². The van der Waals surface area contributed by atoms with Crippen molar-refractivity contribution in [2.24, 2.45) is 0 Å². The zero-order valence-corrected chi connectivity index (χ0v) is 17.3. The van der Waals surface area contributed by atoms with E-state index in [1.807, 2.05) is 0 Å².